The summed E-state index contributed by atoms with van der Waals surface area (Å²) in [5.41, 5.74) is 2.99. The third kappa shape index (κ3) is 4.02. The van der Waals surface area contributed by atoms with Crippen molar-refractivity contribution in [1.82, 2.24) is 5.32 Å². The minimum absolute atomic E-state index is 0.0285. The molecular weight excluding hydrogens is 430 g/mol. The van der Waals surface area contributed by atoms with Gasteiger partial charge in [-0.3, -0.25) is 4.79 Å². The standard InChI is InChI=1S/C24H25NO4S2/c1-14-21(24(27)29-13-16-5-2-8-28-16)23(20-7-4-10-31-20)22-17(25-14)11-15(12-18(22)26)19-6-3-9-30-19/h3-4,6-7,9-10,15-16,23,25H,2,5,8,11-13H2,1H3/t15-,16+,23-/m1/s1. The number of dihydropyridines is 1. The molecule has 2 aromatic rings. The van der Waals surface area contributed by atoms with Crippen LogP contribution in [0.25, 0.3) is 0 Å². The molecule has 2 aliphatic heterocycles. The number of thiophene rings is 2. The van der Waals surface area contributed by atoms with E-state index in [4.69, 9.17) is 9.47 Å². The number of rotatable bonds is 5. The molecule has 3 aliphatic rings. The van der Waals surface area contributed by atoms with Crippen LogP contribution in [0.3, 0.4) is 0 Å². The van der Waals surface area contributed by atoms with E-state index in [-0.39, 0.29) is 36.3 Å². The highest BCUT2D eigenvalue weighted by Gasteiger charge is 2.42. The maximum Gasteiger partial charge on any atom is 0.336 e. The van der Waals surface area contributed by atoms with Gasteiger partial charge < -0.3 is 14.8 Å². The maximum atomic E-state index is 13.4. The number of carbonyl (C=O) groups excluding carboxylic acids is 2. The number of ketones is 1. The first-order valence-corrected chi connectivity index (χ1v) is 12.5. The molecule has 5 rings (SSSR count). The SMILES string of the molecule is CC1=C(C(=O)OC[C@@H]2CCCO2)[C@@H](c2cccs2)C2=C(C[C@@H](c3cccs3)CC2=O)N1. The largest absolute Gasteiger partial charge is 0.459 e. The van der Waals surface area contributed by atoms with Crippen molar-refractivity contribution in [3.05, 3.63) is 67.3 Å². The smallest absolute Gasteiger partial charge is 0.336 e. The van der Waals surface area contributed by atoms with E-state index < -0.39 is 0 Å². The lowest BCUT2D eigenvalue weighted by molar-refractivity contribution is -0.142. The van der Waals surface area contributed by atoms with Gasteiger partial charge in [0, 0.05) is 45.7 Å². The van der Waals surface area contributed by atoms with E-state index >= 15 is 0 Å². The van der Waals surface area contributed by atoms with Crippen molar-refractivity contribution in [2.24, 2.45) is 0 Å². The molecule has 162 valence electrons. The van der Waals surface area contributed by atoms with Crippen LogP contribution in [-0.2, 0) is 19.1 Å². The van der Waals surface area contributed by atoms with Crippen molar-refractivity contribution < 1.29 is 19.1 Å². The van der Waals surface area contributed by atoms with Gasteiger partial charge in [0.05, 0.1) is 17.6 Å². The second-order valence-electron chi connectivity index (χ2n) is 8.28. The molecule has 31 heavy (non-hydrogen) atoms. The van der Waals surface area contributed by atoms with E-state index in [1.165, 1.54) is 4.88 Å². The van der Waals surface area contributed by atoms with Crippen molar-refractivity contribution in [2.45, 2.75) is 50.5 Å². The van der Waals surface area contributed by atoms with Crippen LogP contribution in [0, 0.1) is 0 Å². The Kier molecular flexibility index (Phi) is 5.82. The molecule has 1 saturated heterocycles. The lowest BCUT2D eigenvalue weighted by atomic mass is 9.74. The third-order valence-electron chi connectivity index (χ3n) is 6.25. The van der Waals surface area contributed by atoms with Gasteiger partial charge in [-0.2, -0.15) is 0 Å². The fourth-order valence-corrected chi connectivity index (χ4v) is 6.47. The topological polar surface area (TPSA) is 64.6 Å². The normalized spacial score (nSPS) is 26.1. The van der Waals surface area contributed by atoms with Gasteiger partial charge in [-0.15, -0.1) is 22.7 Å². The van der Waals surface area contributed by atoms with Crippen LogP contribution < -0.4 is 5.32 Å². The van der Waals surface area contributed by atoms with Crippen LogP contribution in [0.4, 0.5) is 0 Å². The molecule has 0 bridgehead atoms. The minimum atomic E-state index is -0.370. The number of hydrogen-bond acceptors (Lipinski definition) is 7. The summed E-state index contributed by atoms with van der Waals surface area (Å²) in [6, 6.07) is 8.11. The van der Waals surface area contributed by atoms with Gasteiger partial charge in [0.2, 0.25) is 0 Å². The van der Waals surface area contributed by atoms with Crippen LogP contribution in [0.2, 0.25) is 0 Å². The summed E-state index contributed by atoms with van der Waals surface area (Å²) in [5.74, 6) is -0.435. The van der Waals surface area contributed by atoms with Gasteiger partial charge in [0.15, 0.2) is 5.78 Å². The average Bonchev–Trinajstić information content (AvgIpc) is 3.54. The molecule has 0 saturated carbocycles. The third-order valence-corrected chi connectivity index (χ3v) is 8.22. The fourth-order valence-electron chi connectivity index (χ4n) is 4.80. The van der Waals surface area contributed by atoms with Crippen LogP contribution in [0.5, 0.6) is 0 Å². The lowest BCUT2D eigenvalue weighted by Crippen LogP contribution is -2.36. The summed E-state index contributed by atoms with van der Waals surface area (Å²) >= 11 is 3.27. The van der Waals surface area contributed by atoms with Crippen LogP contribution in [0.1, 0.15) is 54.2 Å². The highest BCUT2D eigenvalue weighted by molar-refractivity contribution is 7.10. The Bertz CT molecular complexity index is 1030. The van der Waals surface area contributed by atoms with E-state index in [9.17, 15) is 9.59 Å². The number of allylic oxidation sites excluding steroid dienone is 3. The Morgan fingerprint density at radius 1 is 1.19 bits per heavy atom. The molecule has 5 nitrogen and oxygen atoms in total. The summed E-state index contributed by atoms with van der Waals surface area (Å²) in [6.07, 6.45) is 3.13. The Hall–Kier alpha value is -2.22. The molecule has 0 spiro atoms. The zero-order valence-corrected chi connectivity index (χ0v) is 19.0. The number of esters is 1. The monoisotopic (exact) mass is 455 g/mol. The molecule has 4 heterocycles. The predicted molar refractivity (Wildman–Crippen MR) is 121 cm³/mol. The van der Waals surface area contributed by atoms with E-state index in [0.717, 1.165) is 47.7 Å². The van der Waals surface area contributed by atoms with Crippen molar-refractivity contribution in [2.75, 3.05) is 13.2 Å². The van der Waals surface area contributed by atoms with Gasteiger partial charge in [0.1, 0.15) is 6.61 Å². The molecule has 2 aromatic heterocycles. The van der Waals surface area contributed by atoms with Gasteiger partial charge in [0.25, 0.3) is 0 Å². The molecule has 7 heteroatoms. The molecule has 1 aliphatic carbocycles. The summed E-state index contributed by atoms with van der Waals surface area (Å²) in [7, 11) is 0. The summed E-state index contributed by atoms with van der Waals surface area (Å²) in [6.45, 7) is 2.89. The molecule has 0 unspecified atom stereocenters. The molecule has 0 radical (unpaired) electrons. The van der Waals surface area contributed by atoms with Gasteiger partial charge in [-0.05, 0) is 49.1 Å². The Morgan fingerprint density at radius 2 is 1.97 bits per heavy atom. The minimum Gasteiger partial charge on any atom is -0.459 e. The van der Waals surface area contributed by atoms with Crippen molar-refractivity contribution in [3.63, 3.8) is 0 Å². The predicted octanol–water partition coefficient (Wildman–Crippen LogP) is 4.89. The Labute approximate surface area is 189 Å². The van der Waals surface area contributed by atoms with E-state index in [1.54, 1.807) is 22.7 Å². The van der Waals surface area contributed by atoms with Crippen LogP contribution in [0.15, 0.2) is 57.6 Å². The number of hydrogen-bond donors (Lipinski definition) is 1. The first kappa shape index (κ1) is 20.7. The fraction of sp³-hybridized carbons (Fsp3) is 0.417. The molecule has 1 N–H and O–H groups in total. The Balaban J connectivity index is 1.46. The quantitative estimate of drug-likeness (QED) is 0.650. The average molecular weight is 456 g/mol. The maximum absolute atomic E-state index is 13.4. The highest BCUT2D eigenvalue weighted by Crippen LogP contribution is 2.47. The molecule has 0 amide bonds. The summed E-state index contributed by atoms with van der Waals surface area (Å²) in [5, 5.41) is 7.45. The zero-order valence-electron chi connectivity index (χ0n) is 17.4. The highest BCUT2D eigenvalue weighted by atomic mass is 32.1. The Morgan fingerprint density at radius 3 is 2.65 bits per heavy atom. The van der Waals surface area contributed by atoms with E-state index in [2.05, 4.69) is 16.8 Å². The van der Waals surface area contributed by atoms with Crippen molar-refractivity contribution in [3.8, 4) is 0 Å². The second kappa shape index (κ2) is 8.73. The number of carbonyl (C=O) groups is 2. The van der Waals surface area contributed by atoms with E-state index in [0.29, 0.717) is 12.0 Å². The number of nitrogens with one attached hydrogen (secondary N) is 1. The summed E-state index contributed by atoms with van der Waals surface area (Å²) < 4.78 is 11.3. The van der Waals surface area contributed by atoms with Crippen molar-refractivity contribution >= 4 is 34.4 Å². The zero-order chi connectivity index (χ0) is 21.4. The lowest BCUT2D eigenvalue weighted by Gasteiger charge is -2.36. The van der Waals surface area contributed by atoms with Crippen LogP contribution in [-0.4, -0.2) is 31.1 Å². The number of Topliss-reactive ketones (excluding diaryl/α,β-unsaturated/α-hetero) is 1. The molecule has 0 aromatic carbocycles. The molecule has 3 atom stereocenters. The van der Waals surface area contributed by atoms with Crippen LogP contribution >= 0.6 is 22.7 Å². The van der Waals surface area contributed by atoms with Gasteiger partial charge >= 0.3 is 5.97 Å². The molecular formula is C24H25NO4S2. The van der Waals surface area contributed by atoms with Gasteiger partial charge in [-0.25, -0.2) is 4.79 Å². The van der Waals surface area contributed by atoms with Gasteiger partial charge in [-0.1, -0.05) is 12.1 Å². The first-order chi connectivity index (χ1) is 15.1. The number of ether oxygens (including phenoxy) is 2. The second-order valence-corrected chi connectivity index (χ2v) is 10.2. The molecule has 1 fully saturated rings. The first-order valence-electron chi connectivity index (χ1n) is 10.7. The van der Waals surface area contributed by atoms with Crippen molar-refractivity contribution in [1.29, 1.82) is 0 Å². The summed E-state index contributed by atoms with van der Waals surface area (Å²) in [4.78, 5) is 28.8. The van der Waals surface area contributed by atoms with E-state index in [1.807, 2.05) is 30.5 Å².